The number of nitrogens with zero attached hydrogens (tertiary/aromatic N) is 3. The number of rotatable bonds is 4. The van der Waals surface area contributed by atoms with Gasteiger partial charge < -0.3 is 10.1 Å². The van der Waals surface area contributed by atoms with Crippen LogP contribution in [0.1, 0.15) is 36.9 Å². The third kappa shape index (κ3) is 3.46. The second kappa shape index (κ2) is 7.22. The molecule has 0 spiro atoms. The van der Waals surface area contributed by atoms with Crippen molar-refractivity contribution in [3.05, 3.63) is 47.5 Å². The number of benzene rings is 1. The van der Waals surface area contributed by atoms with Crippen molar-refractivity contribution < 1.29 is 9.13 Å². The maximum atomic E-state index is 13.4. The van der Waals surface area contributed by atoms with E-state index in [2.05, 4.69) is 21.8 Å². The van der Waals surface area contributed by atoms with Crippen LogP contribution in [0.5, 0.6) is 0 Å². The fourth-order valence-electron chi connectivity index (χ4n) is 4.11. The Hall–Kier alpha value is -1.79. The molecule has 2 aliphatic rings. The van der Waals surface area contributed by atoms with Crippen LogP contribution in [-0.2, 0) is 16.7 Å². The lowest BCUT2D eigenvalue weighted by molar-refractivity contribution is 0.0330. The summed E-state index contributed by atoms with van der Waals surface area (Å²) in [5.41, 5.74) is 1.83. The van der Waals surface area contributed by atoms with E-state index in [0.29, 0.717) is 19.1 Å². The first-order valence-corrected chi connectivity index (χ1v) is 9.22. The molecule has 1 atom stereocenters. The van der Waals surface area contributed by atoms with Gasteiger partial charge in [0.15, 0.2) is 0 Å². The van der Waals surface area contributed by atoms with Crippen molar-refractivity contribution in [3.8, 4) is 0 Å². The molecule has 2 fully saturated rings. The van der Waals surface area contributed by atoms with Gasteiger partial charge in [-0.3, -0.25) is 0 Å². The summed E-state index contributed by atoms with van der Waals surface area (Å²) in [5.74, 6) is 0.422. The fourth-order valence-corrected chi connectivity index (χ4v) is 4.11. The Balaban J connectivity index is 1.60. The molecule has 134 valence electrons. The van der Waals surface area contributed by atoms with Crippen molar-refractivity contribution in [2.24, 2.45) is 5.92 Å². The van der Waals surface area contributed by atoms with Crippen LogP contribution in [0.4, 0.5) is 4.39 Å². The van der Waals surface area contributed by atoms with Gasteiger partial charge in [-0.15, -0.1) is 5.10 Å². The summed E-state index contributed by atoms with van der Waals surface area (Å²) in [6.45, 7) is 3.54. The number of ether oxygens (including phenoxy) is 1. The molecule has 6 heteroatoms. The van der Waals surface area contributed by atoms with E-state index >= 15 is 0 Å². The summed E-state index contributed by atoms with van der Waals surface area (Å²) in [7, 11) is 0. The molecule has 1 aromatic carbocycles. The van der Waals surface area contributed by atoms with Crippen molar-refractivity contribution in [2.75, 3.05) is 26.3 Å². The largest absolute Gasteiger partial charge is 0.381 e. The van der Waals surface area contributed by atoms with E-state index in [4.69, 9.17) is 4.74 Å². The fraction of sp³-hybridized carbons (Fsp3) is 0.579. The van der Waals surface area contributed by atoms with Crippen LogP contribution in [-0.4, -0.2) is 41.3 Å². The van der Waals surface area contributed by atoms with E-state index in [1.54, 1.807) is 0 Å². The van der Waals surface area contributed by atoms with Crippen molar-refractivity contribution >= 4 is 0 Å². The molecular formula is C19H25FN4O. The van der Waals surface area contributed by atoms with E-state index in [1.807, 2.05) is 16.8 Å². The highest BCUT2D eigenvalue weighted by Crippen LogP contribution is 2.36. The van der Waals surface area contributed by atoms with Gasteiger partial charge in [0.05, 0.1) is 11.2 Å². The van der Waals surface area contributed by atoms with Gasteiger partial charge in [0, 0.05) is 32.3 Å². The standard InChI is InChI=1S/C19H25FN4O/c20-17-5-3-16(4-6-17)19(7-10-25-11-8-19)24-14-18(22-23-24)12-15-2-1-9-21-13-15/h3-6,14-15,21H,1-2,7-13H2. The molecule has 3 heterocycles. The summed E-state index contributed by atoms with van der Waals surface area (Å²) >= 11 is 0. The zero-order valence-corrected chi connectivity index (χ0v) is 14.5. The van der Waals surface area contributed by atoms with Gasteiger partial charge in [0.2, 0.25) is 0 Å². The summed E-state index contributed by atoms with van der Waals surface area (Å²) in [5, 5.41) is 12.4. The molecule has 2 aromatic rings. The van der Waals surface area contributed by atoms with E-state index < -0.39 is 0 Å². The molecule has 0 bridgehead atoms. The zero-order chi connectivity index (χ0) is 17.1. The van der Waals surface area contributed by atoms with E-state index in [9.17, 15) is 4.39 Å². The Morgan fingerprint density at radius 3 is 2.76 bits per heavy atom. The highest BCUT2D eigenvalue weighted by atomic mass is 19.1. The Kier molecular flexibility index (Phi) is 4.81. The lowest BCUT2D eigenvalue weighted by atomic mass is 9.82. The monoisotopic (exact) mass is 344 g/mol. The minimum absolute atomic E-state index is 0.213. The predicted octanol–water partition coefficient (Wildman–Crippen LogP) is 2.51. The third-order valence-electron chi connectivity index (χ3n) is 5.58. The summed E-state index contributed by atoms with van der Waals surface area (Å²) in [6, 6.07) is 6.79. The van der Waals surface area contributed by atoms with Crippen LogP contribution >= 0.6 is 0 Å². The number of piperidine rings is 1. The highest BCUT2D eigenvalue weighted by molar-refractivity contribution is 5.27. The molecule has 1 aromatic heterocycles. The first-order chi connectivity index (χ1) is 12.3. The smallest absolute Gasteiger partial charge is 0.123 e. The first-order valence-electron chi connectivity index (χ1n) is 9.22. The number of aromatic nitrogens is 3. The summed E-state index contributed by atoms with van der Waals surface area (Å²) in [6.07, 6.45) is 7.18. The zero-order valence-electron chi connectivity index (χ0n) is 14.5. The second-order valence-electron chi connectivity index (χ2n) is 7.22. The van der Waals surface area contributed by atoms with E-state index in [0.717, 1.165) is 43.6 Å². The number of nitrogens with one attached hydrogen (secondary N) is 1. The Bertz CT molecular complexity index is 688. The molecular weight excluding hydrogens is 319 g/mol. The maximum Gasteiger partial charge on any atom is 0.123 e. The van der Waals surface area contributed by atoms with Gasteiger partial charge in [-0.25, -0.2) is 9.07 Å². The average Bonchev–Trinajstić information content (AvgIpc) is 3.13. The van der Waals surface area contributed by atoms with Gasteiger partial charge >= 0.3 is 0 Å². The SMILES string of the molecule is Fc1ccc(C2(n3cc(CC4CCCNC4)nn3)CCOCC2)cc1. The molecule has 2 aliphatic heterocycles. The quantitative estimate of drug-likeness (QED) is 0.926. The Morgan fingerprint density at radius 2 is 2.04 bits per heavy atom. The van der Waals surface area contributed by atoms with Crippen molar-refractivity contribution in [1.82, 2.24) is 20.3 Å². The van der Waals surface area contributed by atoms with Crippen molar-refractivity contribution in [3.63, 3.8) is 0 Å². The molecule has 5 nitrogen and oxygen atoms in total. The molecule has 1 unspecified atom stereocenters. The molecule has 1 N–H and O–H groups in total. The predicted molar refractivity (Wildman–Crippen MR) is 92.8 cm³/mol. The van der Waals surface area contributed by atoms with Crippen molar-refractivity contribution in [2.45, 2.75) is 37.6 Å². The van der Waals surface area contributed by atoms with Gasteiger partial charge in [0.1, 0.15) is 5.82 Å². The van der Waals surface area contributed by atoms with Crippen LogP contribution in [0.25, 0.3) is 0 Å². The number of hydrogen-bond donors (Lipinski definition) is 1. The molecule has 4 rings (SSSR count). The van der Waals surface area contributed by atoms with Crippen LogP contribution in [0.15, 0.2) is 30.5 Å². The maximum absolute atomic E-state index is 13.4. The lowest BCUT2D eigenvalue weighted by Gasteiger charge is -2.37. The Morgan fingerprint density at radius 1 is 1.24 bits per heavy atom. The van der Waals surface area contributed by atoms with E-state index in [1.165, 1.54) is 25.0 Å². The summed E-state index contributed by atoms with van der Waals surface area (Å²) < 4.78 is 21.0. The van der Waals surface area contributed by atoms with E-state index in [-0.39, 0.29) is 11.4 Å². The first kappa shape index (κ1) is 16.7. The van der Waals surface area contributed by atoms with Crippen LogP contribution in [0.3, 0.4) is 0 Å². The average molecular weight is 344 g/mol. The number of hydrogen-bond acceptors (Lipinski definition) is 4. The second-order valence-corrected chi connectivity index (χ2v) is 7.22. The highest BCUT2D eigenvalue weighted by Gasteiger charge is 2.37. The van der Waals surface area contributed by atoms with Crippen LogP contribution in [0.2, 0.25) is 0 Å². The van der Waals surface area contributed by atoms with Crippen LogP contribution < -0.4 is 5.32 Å². The van der Waals surface area contributed by atoms with Gasteiger partial charge in [-0.1, -0.05) is 17.3 Å². The van der Waals surface area contributed by atoms with Crippen LogP contribution in [0, 0.1) is 11.7 Å². The Labute approximate surface area is 147 Å². The number of halogens is 1. The molecule has 0 amide bonds. The normalized spacial score (nSPS) is 23.5. The van der Waals surface area contributed by atoms with Crippen molar-refractivity contribution in [1.29, 1.82) is 0 Å². The third-order valence-corrected chi connectivity index (χ3v) is 5.58. The summed E-state index contributed by atoms with van der Waals surface area (Å²) in [4.78, 5) is 0. The molecule has 2 saturated heterocycles. The molecule has 25 heavy (non-hydrogen) atoms. The topological polar surface area (TPSA) is 52.0 Å². The molecule has 0 radical (unpaired) electrons. The molecule has 0 saturated carbocycles. The lowest BCUT2D eigenvalue weighted by Crippen LogP contribution is -2.41. The van der Waals surface area contributed by atoms with Gasteiger partial charge in [0.25, 0.3) is 0 Å². The van der Waals surface area contributed by atoms with Gasteiger partial charge in [-0.05, 0) is 56.0 Å². The minimum atomic E-state index is -0.290. The minimum Gasteiger partial charge on any atom is -0.381 e. The molecule has 0 aliphatic carbocycles. The van der Waals surface area contributed by atoms with Gasteiger partial charge in [-0.2, -0.15) is 0 Å².